The van der Waals surface area contributed by atoms with Gasteiger partial charge < -0.3 is 9.53 Å². The third kappa shape index (κ3) is 6.77. The summed E-state index contributed by atoms with van der Waals surface area (Å²) in [6, 6.07) is 18.5. The van der Waals surface area contributed by atoms with Crippen molar-refractivity contribution in [1.82, 2.24) is 14.8 Å². The summed E-state index contributed by atoms with van der Waals surface area (Å²) in [4.78, 5) is 9.82. The lowest BCUT2D eigenvalue weighted by Gasteiger charge is -2.47. The van der Waals surface area contributed by atoms with Crippen LogP contribution in [0.15, 0.2) is 66.6 Å². The molecule has 2 heterocycles. The van der Waals surface area contributed by atoms with Crippen LogP contribution in [0.3, 0.4) is 0 Å². The van der Waals surface area contributed by atoms with Crippen molar-refractivity contribution in [2.24, 2.45) is 0 Å². The lowest BCUT2D eigenvalue weighted by molar-refractivity contribution is 0.0306. The van der Waals surface area contributed by atoms with E-state index < -0.39 is 14.4 Å². The van der Waals surface area contributed by atoms with Gasteiger partial charge in [0.1, 0.15) is 10.8 Å². The maximum atomic E-state index is 9.93. The Labute approximate surface area is 246 Å². The van der Waals surface area contributed by atoms with Crippen molar-refractivity contribution in [3.05, 3.63) is 83.4 Å². The Morgan fingerprint density at radius 1 is 1.10 bits per heavy atom. The van der Waals surface area contributed by atoms with Gasteiger partial charge in [-0.2, -0.15) is 0 Å². The molecule has 1 N–H and O–H groups in total. The van der Waals surface area contributed by atoms with Gasteiger partial charge in [-0.1, -0.05) is 63.2 Å². The third-order valence-electron chi connectivity index (χ3n) is 8.63. The molecule has 1 fully saturated rings. The molecule has 1 saturated heterocycles. The molecule has 0 amide bonds. The summed E-state index contributed by atoms with van der Waals surface area (Å²) in [7, 11) is -1.97. The van der Waals surface area contributed by atoms with E-state index in [1.54, 1.807) is 18.3 Å². The monoisotopic (exact) mass is 577 g/mol. The average Bonchev–Trinajstić information content (AvgIpc) is 3.38. The zero-order chi connectivity index (χ0) is 29.2. The Morgan fingerprint density at radius 2 is 1.80 bits per heavy atom. The molecule has 5 nitrogen and oxygen atoms in total. The van der Waals surface area contributed by atoms with Crippen LogP contribution in [-0.2, 0) is 0 Å². The predicted octanol–water partition coefficient (Wildman–Crippen LogP) is 7.92. The van der Waals surface area contributed by atoms with Gasteiger partial charge in [-0.05, 0) is 62.2 Å². The molecule has 0 saturated carbocycles. The van der Waals surface area contributed by atoms with Crippen molar-refractivity contribution < 1.29 is 9.53 Å². The number of benzene rings is 2. The summed E-state index contributed by atoms with van der Waals surface area (Å²) in [5.74, 6) is 0.963. The molecule has 7 heteroatoms. The molecule has 2 aromatic carbocycles. The smallest absolute Gasteiger partial charge is 0.250 e. The van der Waals surface area contributed by atoms with Crippen molar-refractivity contribution in [2.75, 3.05) is 19.6 Å². The van der Waals surface area contributed by atoms with E-state index in [1.165, 1.54) is 11.1 Å². The molecular weight excluding hydrogens is 531 g/mol. The minimum atomic E-state index is -1.97. The minimum absolute atomic E-state index is 0.102. The molecule has 0 radical (unpaired) electrons. The highest BCUT2D eigenvalue weighted by Gasteiger charge is 2.39. The Kier molecular flexibility index (Phi) is 9.42. The first-order valence-corrected chi connectivity index (χ1v) is 18.2. The maximum absolute atomic E-state index is 9.93. The highest BCUT2D eigenvalue weighted by Crippen LogP contribution is 2.40. The van der Waals surface area contributed by atoms with Crippen molar-refractivity contribution in [3.8, 4) is 16.3 Å². The van der Waals surface area contributed by atoms with Crippen molar-refractivity contribution in [1.29, 1.82) is 0 Å². The molecular formula is C33H47N3O2SSi. The van der Waals surface area contributed by atoms with Crippen LogP contribution in [0.25, 0.3) is 10.6 Å². The van der Waals surface area contributed by atoms with Crippen LogP contribution >= 0.6 is 11.3 Å². The second-order valence-electron chi connectivity index (χ2n) is 12.9. The molecule has 1 aliphatic rings. The van der Waals surface area contributed by atoms with Crippen molar-refractivity contribution in [2.45, 2.75) is 83.9 Å². The SMILES string of the molecule is C=CCN1C[C@H](C)N([C@H](c2ccc(-c3nc(C(C)O)cs3)cc2)c2cccc(O[Si](C)(C)C(C)(C)C)c2)C[C@H]1C. The fraction of sp³-hybridized carbons (Fsp3) is 0.485. The van der Waals surface area contributed by atoms with Gasteiger partial charge in [-0.25, -0.2) is 4.98 Å². The van der Waals surface area contributed by atoms with Crippen LogP contribution in [0, 0.1) is 0 Å². The molecule has 1 aliphatic heterocycles. The number of piperazine rings is 1. The van der Waals surface area contributed by atoms with Gasteiger partial charge in [0.2, 0.25) is 8.32 Å². The largest absolute Gasteiger partial charge is 0.543 e. The highest BCUT2D eigenvalue weighted by molar-refractivity contribution is 7.13. The molecule has 3 aromatic rings. The molecule has 216 valence electrons. The van der Waals surface area contributed by atoms with E-state index in [0.717, 1.165) is 41.6 Å². The topological polar surface area (TPSA) is 48.8 Å². The normalized spacial score (nSPS) is 20.7. The summed E-state index contributed by atoms with van der Waals surface area (Å²) in [6.45, 7) is 24.7. The molecule has 0 aliphatic carbocycles. The number of hydrogen-bond donors (Lipinski definition) is 1. The first kappa shape index (κ1) is 30.7. The molecule has 1 aromatic heterocycles. The van der Waals surface area contributed by atoms with E-state index in [1.807, 2.05) is 11.5 Å². The lowest BCUT2D eigenvalue weighted by Crippen LogP contribution is -2.57. The second kappa shape index (κ2) is 12.3. The van der Waals surface area contributed by atoms with E-state index in [2.05, 4.69) is 118 Å². The average molecular weight is 578 g/mol. The Bertz CT molecular complexity index is 1280. The van der Waals surface area contributed by atoms with Gasteiger partial charge in [0.25, 0.3) is 0 Å². The van der Waals surface area contributed by atoms with Gasteiger partial charge in [0, 0.05) is 42.7 Å². The number of thiazole rings is 1. The number of aliphatic hydroxyl groups is 1. The summed E-state index contributed by atoms with van der Waals surface area (Å²) in [5.41, 5.74) is 4.31. The zero-order valence-corrected chi connectivity index (χ0v) is 27.3. The molecule has 40 heavy (non-hydrogen) atoms. The van der Waals surface area contributed by atoms with Crippen LogP contribution < -0.4 is 4.43 Å². The van der Waals surface area contributed by atoms with Crippen molar-refractivity contribution >= 4 is 19.7 Å². The fourth-order valence-corrected chi connectivity index (χ4v) is 7.13. The molecule has 4 atom stereocenters. The van der Waals surface area contributed by atoms with E-state index in [4.69, 9.17) is 4.43 Å². The summed E-state index contributed by atoms with van der Waals surface area (Å²) < 4.78 is 6.75. The predicted molar refractivity (Wildman–Crippen MR) is 172 cm³/mol. The van der Waals surface area contributed by atoms with Crippen LogP contribution in [0.1, 0.15) is 70.5 Å². The Hall–Kier alpha value is -2.29. The van der Waals surface area contributed by atoms with E-state index in [-0.39, 0.29) is 11.1 Å². The fourth-order valence-electron chi connectivity index (χ4n) is 5.19. The summed E-state index contributed by atoms with van der Waals surface area (Å²) in [6.07, 6.45) is 1.45. The third-order valence-corrected chi connectivity index (χ3v) is 13.9. The van der Waals surface area contributed by atoms with E-state index in [0.29, 0.717) is 12.1 Å². The standard InChI is InChI=1S/C33H47N3O2SSi/c1-10-18-35-20-24(3)36(21-23(35)2)31(28-12-11-13-29(19-28)38-40(8,9)33(5,6)7)26-14-16-27(17-15-26)32-34-30(22-39-32)25(4)37/h10-17,19,22-25,31,37H,1,18,20-21H2,2-9H3/t23-,24+,25?,31-/m1/s1. The first-order valence-electron chi connectivity index (χ1n) is 14.4. The van der Waals surface area contributed by atoms with Crippen LogP contribution in [0.2, 0.25) is 18.1 Å². The van der Waals surface area contributed by atoms with Crippen LogP contribution in [-0.4, -0.2) is 59.9 Å². The molecule has 0 bridgehead atoms. The zero-order valence-electron chi connectivity index (χ0n) is 25.5. The lowest BCUT2D eigenvalue weighted by atomic mass is 9.93. The van der Waals surface area contributed by atoms with E-state index in [9.17, 15) is 5.11 Å². The summed E-state index contributed by atoms with van der Waals surface area (Å²) >= 11 is 1.58. The Morgan fingerprint density at radius 3 is 2.40 bits per heavy atom. The van der Waals surface area contributed by atoms with Gasteiger partial charge in [-0.3, -0.25) is 9.80 Å². The van der Waals surface area contributed by atoms with Crippen LogP contribution in [0.4, 0.5) is 0 Å². The van der Waals surface area contributed by atoms with Gasteiger partial charge in [0.15, 0.2) is 0 Å². The first-order chi connectivity index (χ1) is 18.8. The van der Waals surface area contributed by atoms with Gasteiger partial charge in [-0.15, -0.1) is 17.9 Å². The number of rotatable bonds is 9. The minimum Gasteiger partial charge on any atom is -0.543 e. The number of hydrogen-bond acceptors (Lipinski definition) is 6. The number of aliphatic hydroxyl groups excluding tert-OH is 1. The Balaban J connectivity index is 1.72. The summed E-state index contributed by atoms with van der Waals surface area (Å²) in [5, 5.41) is 12.9. The quantitative estimate of drug-likeness (QED) is 0.207. The van der Waals surface area contributed by atoms with Gasteiger partial charge >= 0.3 is 0 Å². The second-order valence-corrected chi connectivity index (χ2v) is 18.4. The maximum Gasteiger partial charge on any atom is 0.250 e. The molecule has 1 unspecified atom stereocenters. The molecule has 4 rings (SSSR count). The van der Waals surface area contributed by atoms with Gasteiger partial charge in [0.05, 0.1) is 17.8 Å². The highest BCUT2D eigenvalue weighted by atomic mass is 32.1. The van der Waals surface area contributed by atoms with Crippen LogP contribution in [0.5, 0.6) is 5.75 Å². The molecule has 0 spiro atoms. The number of nitrogens with zero attached hydrogens (tertiary/aromatic N) is 3. The van der Waals surface area contributed by atoms with Crippen molar-refractivity contribution in [3.63, 3.8) is 0 Å². The van der Waals surface area contributed by atoms with E-state index >= 15 is 0 Å². The number of aromatic nitrogens is 1.